The Morgan fingerprint density at radius 3 is 2.31 bits per heavy atom. The van der Waals surface area contributed by atoms with Crippen molar-refractivity contribution in [3.8, 4) is 0 Å². The second-order valence-corrected chi connectivity index (χ2v) is 11.1. The SMILES string of the molecule is C[C@@H](NC(=O)c1ccccc1SCC(=O)NC1CC1)C12CC3CC(CC(C3)C1)C2. The van der Waals surface area contributed by atoms with Gasteiger partial charge in [-0.3, -0.25) is 9.59 Å². The van der Waals surface area contributed by atoms with E-state index >= 15 is 0 Å². The highest BCUT2D eigenvalue weighted by atomic mass is 32.2. The molecule has 0 heterocycles. The van der Waals surface area contributed by atoms with Gasteiger partial charge in [0.25, 0.3) is 5.91 Å². The highest BCUT2D eigenvalue weighted by Crippen LogP contribution is 2.61. The molecule has 1 aromatic rings. The highest BCUT2D eigenvalue weighted by Gasteiger charge is 2.53. The summed E-state index contributed by atoms with van der Waals surface area (Å²) in [5.41, 5.74) is 1.00. The standard InChI is InChI=1S/C24H32N2O2S/c1-15(24-11-16-8-17(12-24)10-18(9-16)13-24)25-23(28)20-4-2-3-5-21(20)29-14-22(27)26-19-6-7-19/h2-5,15-19H,6-14H2,1H3,(H,25,28)(H,26,27)/t15-,16?,17?,18?,24?/m1/s1. The molecule has 4 bridgehead atoms. The van der Waals surface area contributed by atoms with Gasteiger partial charge in [-0.1, -0.05) is 12.1 Å². The van der Waals surface area contributed by atoms with E-state index in [-0.39, 0.29) is 17.9 Å². The second kappa shape index (κ2) is 7.64. The van der Waals surface area contributed by atoms with Crippen molar-refractivity contribution in [3.63, 3.8) is 0 Å². The summed E-state index contributed by atoms with van der Waals surface area (Å²) < 4.78 is 0. The van der Waals surface area contributed by atoms with Crippen molar-refractivity contribution in [2.75, 3.05) is 5.75 Å². The molecule has 0 aliphatic heterocycles. The fourth-order valence-corrected chi connectivity index (χ4v) is 7.42. The predicted molar refractivity (Wildman–Crippen MR) is 116 cm³/mol. The van der Waals surface area contributed by atoms with Crippen LogP contribution in [0.1, 0.15) is 68.6 Å². The van der Waals surface area contributed by atoms with Gasteiger partial charge in [-0.25, -0.2) is 0 Å². The molecule has 5 saturated carbocycles. The van der Waals surface area contributed by atoms with Crippen LogP contribution in [0.5, 0.6) is 0 Å². The molecule has 4 nitrogen and oxygen atoms in total. The average molecular weight is 413 g/mol. The molecule has 156 valence electrons. The van der Waals surface area contributed by atoms with Crippen LogP contribution in [0.2, 0.25) is 0 Å². The van der Waals surface area contributed by atoms with E-state index in [2.05, 4.69) is 17.6 Å². The lowest BCUT2D eigenvalue weighted by molar-refractivity contribution is -0.118. The minimum absolute atomic E-state index is 0.0129. The van der Waals surface area contributed by atoms with E-state index in [1.807, 2.05) is 24.3 Å². The Bertz CT molecular complexity index is 769. The lowest BCUT2D eigenvalue weighted by atomic mass is 9.48. The number of carbonyl (C=O) groups excluding carboxylic acids is 2. The molecule has 5 fully saturated rings. The normalized spacial score (nSPS) is 33.3. The van der Waals surface area contributed by atoms with Crippen LogP contribution in [-0.4, -0.2) is 29.7 Å². The summed E-state index contributed by atoms with van der Waals surface area (Å²) in [4.78, 5) is 26.1. The van der Waals surface area contributed by atoms with Crippen LogP contribution >= 0.6 is 11.8 Å². The molecule has 5 heteroatoms. The van der Waals surface area contributed by atoms with Crippen molar-refractivity contribution in [1.82, 2.24) is 10.6 Å². The maximum atomic E-state index is 13.2. The molecular weight excluding hydrogens is 380 g/mol. The Kier molecular flexibility index (Phi) is 5.13. The van der Waals surface area contributed by atoms with E-state index in [1.54, 1.807) is 0 Å². The summed E-state index contributed by atoms with van der Waals surface area (Å²) in [7, 11) is 0. The summed E-state index contributed by atoms with van der Waals surface area (Å²) in [6.45, 7) is 2.23. The summed E-state index contributed by atoms with van der Waals surface area (Å²) in [5.74, 6) is 3.09. The van der Waals surface area contributed by atoms with Crippen LogP contribution in [-0.2, 0) is 4.79 Å². The van der Waals surface area contributed by atoms with Crippen molar-refractivity contribution in [2.24, 2.45) is 23.2 Å². The van der Waals surface area contributed by atoms with Crippen LogP contribution in [0.3, 0.4) is 0 Å². The number of hydrogen-bond acceptors (Lipinski definition) is 3. The van der Waals surface area contributed by atoms with E-state index in [4.69, 9.17) is 0 Å². The van der Waals surface area contributed by atoms with E-state index in [9.17, 15) is 9.59 Å². The number of amides is 2. The summed E-state index contributed by atoms with van der Waals surface area (Å²) in [6.07, 6.45) is 10.3. The fourth-order valence-electron chi connectivity index (χ4n) is 6.56. The minimum atomic E-state index is 0.0129. The smallest absolute Gasteiger partial charge is 0.252 e. The first-order valence-corrected chi connectivity index (χ1v) is 12.3. The van der Waals surface area contributed by atoms with Gasteiger partial charge in [-0.15, -0.1) is 11.8 Å². The number of benzene rings is 1. The second-order valence-electron chi connectivity index (χ2n) is 10.1. The molecule has 0 unspecified atom stereocenters. The minimum Gasteiger partial charge on any atom is -0.353 e. The van der Waals surface area contributed by atoms with E-state index in [0.717, 1.165) is 35.5 Å². The fraction of sp³-hybridized carbons (Fsp3) is 0.667. The lowest BCUT2D eigenvalue weighted by Gasteiger charge is -2.59. The first-order chi connectivity index (χ1) is 14.0. The zero-order valence-corrected chi connectivity index (χ0v) is 18.1. The van der Waals surface area contributed by atoms with Crippen LogP contribution in [0.15, 0.2) is 29.2 Å². The molecule has 0 radical (unpaired) electrons. The van der Waals surface area contributed by atoms with Crippen molar-refractivity contribution < 1.29 is 9.59 Å². The molecule has 0 aromatic heterocycles. The topological polar surface area (TPSA) is 58.2 Å². The first kappa shape index (κ1) is 19.5. The van der Waals surface area contributed by atoms with Gasteiger partial charge in [-0.05, 0) is 93.6 Å². The van der Waals surface area contributed by atoms with Gasteiger partial charge in [0.05, 0.1) is 11.3 Å². The summed E-state index contributed by atoms with van der Waals surface area (Å²) in [5, 5.41) is 6.39. The number of rotatable bonds is 7. The van der Waals surface area contributed by atoms with E-state index in [1.165, 1.54) is 50.3 Å². The molecule has 6 rings (SSSR count). The molecule has 2 N–H and O–H groups in total. The maximum absolute atomic E-state index is 13.2. The highest BCUT2D eigenvalue weighted by molar-refractivity contribution is 8.00. The average Bonchev–Trinajstić information content (AvgIpc) is 3.49. The van der Waals surface area contributed by atoms with E-state index < -0.39 is 0 Å². The van der Waals surface area contributed by atoms with Crippen molar-refractivity contribution in [3.05, 3.63) is 29.8 Å². The first-order valence-electron chi connectivity index (χ1n) is 11.3. The molecule has 5 aliphatic carbocycles. The number of thioether (sulfide) groups is 1. The quantitative estimate of drug-likeness (QED) is 0.653. The Balaban J connectivity index is 1.24. The number of hydrogen-bond donors (Lipinski definition) is 2. The maximum Gasteiger partial charge on any atom is 0.252 e. The third kappa shape index (κ3) is 4.08. The Hall–Kier alpha value is -1.49. The van der Waals surface area contributed by atoms with Crippen molar-refractivity contribution in [2.45, 2.75) is 75.3 Å². The summed E-state index contributed by atoms with van der Waals surface area (Å²) >= 11 is 1.47. The van der Waals surface area contributed by atoms with Crippen LogP contribution < -0.4 is 10.6 Å². The van der Waals surface area contributed by atoms with Gasteiger partial charge in [0.2, 0.25) is 5.91 Å². The Labute approximate surface area is 178 Å². The predicted octanol–water partition coefficient (Wildman–Crippen LogP) is 4.39. The van der Waals surface area contributed by atoms with Gasteiger partial charge >= 0.3 is 0 Å². The number of carbonyl (C=O) groups is 2. The molecule has 1 atom stereocenters. The summed E-state index contributed by atoms with van der Waals surface area (Å²) in [6, 6.07) is 8.30. The van der Waals surface area contributed by atoms with Gasteiger partial charge in [0, 0.05) is 17.0 Å². The van der Waals surface area contributed by atoms with Crippen LogP contribution in [0, 0.1) is 23.2 Å². The van der Waals surface area contributed by atoms with Crippen molar-refractivity contribution >= 4 is 23.6 Å². The Morgan fingerprint density at radius 1 is 1.07 bits per heavy atom. The van der Waals surface area contributed by atoms with Gasteiger partial charge < -0.3 is 10.6 Å². The molecule has 29 heavy (non-hydrogen) atoms. The monoisotopic (exact) mass is 412 g/mol. The molecule has 0 saturated heterocycles. The Morgan fingerprint density at radius 2 is 1.69 bits per heavy atom. The van der Waals surface area contributed by atoms with Gasteiger partial charge in [-0.2, -0.15) is 0 Å². The zero-order valence-electron chi connectivity index (χ0n) is 17.3. The molecular formula is C24H32N2O2S. The third-order valence-corrected chi connectivity index (χ3v) is 8.86. The lowest BCUT2D eigenvalue weighted by Crippen LogP contribution is -2.55. The number of nitrogens with one attached hydrogen (secondary N) is 2. The van der Waals surface area contributed by atoms with E-state index in [0.29, 0.717) is 22.8 Å². The zero-order chi connectivity index (χ0) is 20.0. The van der Waals surface area contributed by atoms with Crippen LogP contribution in [0.25, 0.3) is 0 Å². The van der Waals surface area contributed by atoms with Crippen LogP contribution in [0.4, 0.5) is 0 Å². The molecule has 5 aliphatic rings. The van der Waals surface area contributed by atoms with Crippen molar-refractivity contribution in [1.29, 1.82) is 0 Å². The molecule has 2 amide bonds. The molecule has 0 spiro atoms. The van der Waals surface area contributed by atoms with Gasteiger partial charge in [0.1, 0.15) is 0 Å². The third-order valence-electron chi connectivity index (χ3n) is 7.78. The molecule has 1 aromatic carbocycles. The largest absolute Gasteiger partial charge is 0.353 e. The van der Waals surface area contributed by atoms with Gasteiger partial charge in [0.15, 0.2) is 0 Å².